The normalized spacial score (nSPS) is 20.3. The van der Waals surface area contributed by atoms with Crippen molar-refractivity contribution in [2.75, 3.05) is 32.5 Å². The quantitative estimate of drug-likeness (QED) is 0.453. The number of nitrogen functional groups attached to an aromatic ring is 1. The molecule has 176 valence electrons. The van der Waals surface area contributed by atoms with Gasteiger partial charge in [0, 0.05) is 30.9 Å². The molecule has 1 aromatic carbocycles. The van der Waals surface area contributed by atoms with Gasteiger partial charge in [0.25, 0.3) is 0 Å². The van der Waals surface area contributed by atoms with Crippen LogP contribution in [0, 0.1) is 5.92 Å². The number of nitrogens with two attached hydrogens (primary N) is 1. The predicted molar refractivity (Wildman–Crippen MR) is 128 cm³/mol. The Morgan fingerprint density at radius 2 is 2.21 bits per heavy atom. The largest absolute Gasteiger partial charge is 0.497 e. The summed E-state index contributed by atoms with van der Waals surface area (Å²) in [5, 5.41) is 8.12. The van der Waals surface area contributed by atoms with Gasteiger partial charge in [-0.3, -0.25) is 4.90 Å². The summed E-state index contributed by atoms with van der Waals surface area (Å²) in [7, 11) is 1.74. The van der Waals surface area contributed by atoms with Gasteiger partial charge in [0.1, 0.15) is 5.75 Å². The first-order valence-corrected chi connectivity index (χ1v) is 11.8. The van der Waals surface area contributed by atoms with Crippen LogP contribution in [0.25, 0.3) is 17.2 Å². The third-order valence-electron chi connectivity index (χ3n) is 7.15. The zero-order chi connectivity index (χ0) is 23.1. The Morgan fingerprint density at radius 3 is 3.06 bits per heavy atom. The summed E-state index contributed by atoms with van der Waals surface area (Å²) >= 11 is 0. The second kappa shape index (κ2) is 8.73. The number of rotatable bonds is 6. The first-order chi connectivity index (χ1) is 16.7. The summed E-state index contributed by atoms with van der Waals surface area (Å²) in [5.74, 6) is 2.99. The number of benzene rings is 1. The van der Waals surface area contributed by atoms with Gasteiger partial charge < -0.3 is 20.2 Å². The minimum absolute atomic E-state index is 0.309. The first-order valence-electron chi connectivity index (χ1n) is 11.8. The molecule has 9 nitrogen and oxygen atoms in total. The standard InChI is InChI=1S/C25H29N7O2/c1-33-19-4-5-20-17(12-19)7-9-31-8-6-16(11-21(20)31)13-27-14-18-15-28-25(26)32-24(18)29-23(30-32)22-3-2-10-34-22/h2-5,10,12,15-16,21,27H,6-9,11,13-14H2,1H3,(H2,26,28). The molecule has 0 radical (unpaired) electrons. The van der Waals surface area contributed by atoms with E-state index in [-0.39, 0.29) is 0 Å². The van der Waals surface area contributed by atoms with Crippen LogP contribution in [0.3, 0.4) is 0 Å². The summed E-state index contributed by atoms with van der Waals surface area (Å²) < 4.78 is 12.5. The lowest BCUT2D eigenvalue weighted by molar-refractivity contribution is 0.102. The predicted octanol–water partition coefficient (Wildman–Crippen LogP) is 3.07. The van der Waals surface area contributed by atoms with Gasteiger partial charge in [0.05, 0.1) is 13.4 Å². The van der Waals surface area contributed by atoms with E-state index in [1.165, 1.54) is 17.5 Å². The first kappa shape index (κ1) is 21.1. The van der Waals surface area contributed by atoms with Gasteiger partial charge >= 0.3 is 0 Å². The number of anilines is 1. The Hall–Kier alpha value is -3.43. The van der Waals surface area contributed by atoms with E-state index < -0.39 is 0 Å². The van der Waals surface area contributed by atoms with Gasteiger partial charge in [-0.25, -0.2) is 9.97 Å². The molecule has 2 aliphatic heterocycles. The van der Waals surface area contributed by atoms with Crippen molar-refractivity contribution in [3.05, 3.63) is 59.5 Å². The zero-order valence-electron chi connectivity index (χ0n) is 19.3. The monoisotopic (exact) mass is 459 g/mol. The third-order valence-corrected chi connectivity index (χ3v) is 7.15. The maximum Gasteiger partial charge on any atom is 0.223 e. The Balaban J connectivity index is 1.14. The number of hydrogen-bond donors (Lipinski definition) is 2. The second-order valence-corrected chi connectivity index (χ2v) is 9.18. The van der Waals surface area contributed by atoms with Crippen molar-refractivity contribution in [2.45, 2.75) is 31.8 Å². The molecule has 2 aliphatic rings. The molecule has 2 atom stereocenters. The van der Waals surface area contributed by atoms with Gasteiger partial charge in [-0.15, -0.1) is 5.10 Å². The Bertz CT molecular complexity index is 1300. The molecule has 34 heavy (non-hydrogen) atoms. The summed E-state index contributed by atoms with van der Waals surface area (Å²) in [6, 6.07) is 10.7. The molecule has 5 heterocycles. The summed E-state index contributed by atoms with van der Waals surface area (Å²) in [6.45, 7) is 3.88. The van der Waals surface area contributed by atoms with E-state index in [1.807, 2.05) is 12.1 Å². The van der Waals surface area contributed by atoms with E-state index >= 15 is 0 Å². The number of fused-ring (bicyclic) bond motifs is 4. The van der Waals surface area contributed by atoms with Crippen LogP contribution < -0.4 is 15.8 Å². The third kappa shape index (κ3) is 3.80. The molecule has 9 heteroatoms. The number of aromatic nitrogens is 4. The molecule has 3 aromatic heterocycles. The second-order valence-electron chi connectivity index (χ2n) is 9.18. The van der Waals surface area contributed by atoms with Crippen LogP contribution in [-0.2, 0) is 13.0 Å². The minimum Gasteiger partial charge on any atom is -0.497 e. The molecular weight excluding hydrogens is 430 g/mol. The van der Waals surface area contributed by atoms with Crippen molar-refractivity contribution in [1.29, 1.82) is 0 Å². The highest BCUT2D eigenvalue weighted by Gasteiger charge is 2.33. The number of hydrogen-bond acceptors (Lipinski definition) is 8. The van der Waals surface area contributed by atoms with E-state index in [0.29, 0.717) is 41.7 Å². The molecule has 0 amide bonds. The van der Waals surface area contributed by atoms with Crippen molar-refractivity contribution >= 4 is 11.6 Å². The molecule has 1 saturated heterocycles. The molecule has 0 bridgehead atoms. The average molecular weight is 460 g/mol. The van der Waals surface area contributed by atoms with Crippen LogP contribution in [0.1, 0.15) is 35.6 Å². The van der Waals surface area contributed by atoms with Crippen LogP contribution in [-0.4, -0.2) is 51.2 Å². The highest BCUT2D eigenvalue weighted by molar-refractivity contribution is 5.57. The number of ether oxygens (including phenoxy) is 1. The summed E-state index contributed by atoms with van der Waals surface area (Å²) in [6.07, 6.45) is 6.86. The number of nitrogens with one attached hydrogen (secondary N) is 1. The van der Waals surface area contributed by atoms with Crippen molar-refractivity contribution in [3.8, 4) is 17.3 Å². The van der Waals surface area contributed by atoms with Crippen LogP contribution in [0.2, 0.25) is 0 Å². The number of furan rings is 1. The smallest absolute Gasteiger partial charge is 0.223 e. The van der Waals surface area contributed by atoms with Crippen LogP contribution >= 0.6 is 0 Å². The maximum atomic E-state index is 6.04. The zero-order valence-corrected chi connectivity index (χ0v) is 19.3. The fraction of sp³-hybridized carbons (Fsp3) is 0.400. The molecule has 1 fully saturated rings. The van der Waals surface area contributed by atoms with Gasteiger partial charge in [-0.2, -0.15) is 4.52 Å². The molecule has 0 saturated carbocycles. The molecule has 6 rings (SSSR count). The van der Waals surface area contributed by atoms with Crippen molar-refractivity contribution in [1.82, 2.24) is 29.8 Å². The van der Waals surface area contributed by atoms with E-state index in [9.17, 15) is 0 Å². The lowest BCUT2D eigenvalue weighted by Gasteiger charge is -2.43. The van der Waals surface area contributed by atoms with Gasteiger partial charge in [-0.05, 0) is 73.7 Å². The van der Waals surface area contributed by atoms with Crippen LogP contribution in [0.4, 0.5) is 5.95 Å². The number of piperidine rings is 1. The molecule has 2 unspecified atom stereocenters. The van der Waals surface area contributed by atoms with Crippen LogP contribution in [0.5, 0.6) is 5.75 Å². The molecule has 0 aliphatic carbocycles. The topological polar surface area (TPSA) is 107 Å². The van der Waals surface area contributed by atoms with E-state index in [2.05, 4.69) is 43.5 Å². The van der Waals surface area contributed by atoms with Gasteiger partial charge in [0.15, 0.2) is 11.4 Å². The minimum atomic E-state index is 0.309. The lowest BCUT2D eigenvalue weighted by Crippen LogP contribution is -2.43. The SMILES string of the molecule is COc1ccc2c(c1)CCN1CCC(CNCc3cnc(N)n4nc(-c5ccco5)nc34)CC21. The van der Waals surface area contributed by atoms with Crippen molar-refractivity contribution in [2.24, 2.45) is 5.92 Å². The van der Waals surface area contributed by atoms with E-state index in [0.717, 1.165) is 43.8 Å². The van der Waals surface area contributed by atoms with Gasteiger partial charge in [0.2, 0.25) is 11.8 Å². The van der Waals surface area contributed by atoms with Gasteiger partial charge in [-0.1, -0.05) is 6.07 Å². The summed E-state index contributed by atoms with van der Waals surface area (Å²) in [4.78, 5) is 11.6. The Kier molecular flexibility index (Phi) is 5.43. The molecule has 0 spiro atoms. The van der Waals surface area contributed by atoms with Crippen molar-refractivity contribution < 1.29 is 9.15 Å². The summed E-state index contributed by atoms with van der Waals surface area (Å²) in [5.41, 5.74) is 10.6. The molecule has 3 N–H and O–H groups in total. The Morgan fingerprint density at radius 1 is 1.26 bits per heavy atom. The fourth-order valence-corrected chi connectivity index (χ4v) is 5.36. The van der Waals surface area contributed by atoms with E-state index in [1.54, 1.807) is 24.1 Å². The van der Waals surface area contributed by atoms with E-state index in [4.69, 9.17) is 14.9 Å². The number of nitrogens with zero attached hydrogens (tertiary/aromatic N) is 5. The lowest BCUT2D eigenvalue weighted by atomic mass is 9.82. The highest BCUT2D eigenvalue weighted by Crippen LogP contribution is 2.39. The number of methoxy groups -OCH3 is 1. The molecule has 4 aromatic rings. The highest BCUT2D eigenvalue weighted by atomic mass is 16.5. The van der Waals surface area contributed by atoms with Crippen LogP contribution in [0.15, 0.2) is 47.2 Å². The Labute approximate surface area is 197 Å². The molecular formula is C25H29N7O2. The fourth-order valence-electron chi connectivity index (χ4n) is 5.36. The van der Waals surface area contributed by atoms with Crippen molar-refractivity contribution in [3.63, 3.8) is 0 Å². The average Bonchev–Trinajstić information content (AvgIpc) is 3.56. The maximum absolute atomic E-state index is 6.04.